The molecule has 1 amide bonds. The van der Waals surface area contributed by atoms with Gasteiger partial charge < -0.3 is 5.32 Å². The van der Waals surface area contributed by atoms with Gasteiger partial charge >= 0.3 is 6.18 Å². The van der Waals surface area contributed by atoms with Crippen LogP contribution in [0.15, 0.2) is 71.6 Å². The summed E-state index contributed by atoms with van der Waals surface area (Å²) in [5.74, 6) is -0.718. The molecule has 0 aromatic heterocycles. The molecule has 3 aromatic rings. The lowest BCUT2D eigenvalue weighted by molar-refractivity contribution is -0.137. The first-order valence-corrected chi connectivity index (χ1v) is 10.6. The number of benzene rings is 3. The Morgan fingerprint density at radius 1 is 0.871 bits per heavy atom. The van der Waals surface area contributed by atoms with Crippen LogP contribution in [0.3, 0.4) is 0 Å². The molecule has 0 aliphatic rings. The summed E-state index contributed by atoms with van der Waals surface area (Å²) in [5.41, 5.74) is 0.877. The Balaban J connectivity index is 1.86. The highest BCUT2D eigenvalue weighted by Gasteiger charge is 2.30. The Labute approximate surface area is 178 Å². The number of halogens is 3. The number of rotatable bonds is 5. The number of hydrogen-bond acceptors (Lipinski definition) is 3. The lowest BCUT2D eigenvalue weighted by atomic mass is 10.1. The van der Waals surface area contributed by atoms with E-state index < -0.39 is 27.7 Å². The summed E-state index contributed by atoms with van der Waals surface area (Å²) >= 11 is 0. The molecule has 0 fully saturated rings. The normalized spacial score (nSPS) is 11.8. The summed E-state index contributed by atoms with van der Waals surface area (Å²) in [4.78, 5) is 12.5. The molecule has 31 heavy (non-hydrogen) atoms. The van der Waals surface area contributed by atoms with Gasteiger partial charge in [-0.2, -0.15) is 13.2 Å². The first-order valence-electron chi connectivity index (χ1n) is 9.14. The van der Waals surface area contributed by atoms with Crippen molar-refractivity contribution in [2.75, 3.05) is 10.0 Å². The van der Waals surface area contributed by atoms with Crippen LogP contribution in [0.4, 0.5) is 24.5 Å². The fourth-order valence-corrected chi connectivity index (χ4v) is 3.90. The molecule has 9 heteroatoms. The number of carbonyl (C=O) groups is 1. The van der Waals surface area contributed by atoms with Crippen LogP contribution in [0, 0.1) is 13.8 Å². The van der Waals surface area contributed by atoms with Crippen molar-refractivity contribution in [1.29, 1.82) is 0 Å². The van der Waals surface area contributed by atoms with Gasteiger partial charge in [0.2, 0.25) is 0 Å². The fraction of sp³-hybridized carbons (Fsp3) is 0.136. The molecule has 3 aromatic carbocycles. The molecule has 0 heterocycles. The van der Waals surface area contributed by atoms with E-state index in [1.807, 2.05) is 6.92 Å². The molecule has 0 radical (unpaired) electrons. The molecule has 0 aliphatic heterocycles. The van der Waals surface area contributed by atoms with E-state index in [9.17, 15) is 26.4 Å². The van der Waals surface area contributed by atoms with E-state index >= 15 is 0 Å². The van der Waals surface area contributed by atoms with Crippen molar-refractivity contribution < 1.29 is 26.4 Å². The third-order valence-corrected chi connectivity index (χ3v) is 5.89. The molecular weight excluding hydrogens is 429 g/mol. The monoisotopic (exact) mass is 448 g/mol. The van der Waals surface area contributed by atoms with Crippen LogP contribution in [0.25, 0.3) is 0 Å². The van der Waals surface area contributed by atoms with Crippen LogP contribution in [0.1, 0.15) is 27.0 Å². The standard InChI is InChI=1S/C22H19F3N2O3S/c1-14-6-9-17(10-7-14)27-31(29,30)19-11-8-15(2)20(13-19)21(28)26-18-5-3-4-16(12-18)22(23,24)25/h3-13,27H,1-2H3,(H,26,28). The molecule has 2 N–H and O–H groups in total. The average Bonchev–Trinajstić information content (AvgIpc) is 2.69. The van der Waals surface area contributed by atoms with Gasteiger partial charge in [0, 0.05) is 16.9 Å². The topological polar surface area (TPSA) is 75.3 Å². The average molecular weight is 448 g/mol. The van der Waals surface area contributed by atoms with E-state index in [1.54, 1.807) is 31.2 Å². The van der Waals surface area contributed by atoms with Crippen molar-refractivity contribution in [2.24, 2.45) is 0 Å². The SMILES string of the molecule is Cc1ccc(NS(=O)(=O)c2ccc(C)c(C(=O)Nc3cccc(C(F)(F)F)c3)c2)cc1. The molecule has 0 atom stereocenters. The van der Waals surface area contributed by atoms with Gasteiger partial charge in [0.05, 0.1) is 10.5 Å². The van der Waals surface area contributed by atoms with Gasteiger partial charge in [0.15, 0.2) is 0 Å². The summed E-state index contributed by atoms with van der Waals surface area (Å²) in [6.07, 6.45) is -4.55. The lowest BCUT2D eigenvalue weighted by Gasteiger charge is -2.13. The van der Waals surface area contributed by atoms with Gasteiger partial charge in [-0.15, -0.1) is 0 Å². The van der Waals surface area contributed by atoms with E-state index in [4.69, 9.17) is 0 Å². The van der Waals surface area contributed by atoms with Crippen molar-refractivity contribution in [2.45, 2.75) is 24.9 Å². The lowest BCUT2D eigenvalue weighted by Crippen LogP contribution is -2.17. The Bertz CT molecular complexity index is 1220. The second-order valence-corrected chi connectivity index (χ2v) is 8.66. The fourth-order valence-electron chi connectivity index (χ4n) is 2.82. The first-order chi connectivity index (χ1) is 14.5. The molecule has 0 unspecified atom stereocenters. The Morgan fingerprint density at radius 3 is 2.19 bits per heavy atom. The second-order valence-electron chi connectivity index (χ2n) is 6.98. The first kappa shape index (κ1) is 22.4. The van der Waals surface area contributed by atoms with Crippen molar-refractivity contribution in [3.63, 3.8) is 0 Å². The number of alkyl halides is 3. The summed E-state index contributed by atoms with van der Waals surface area (Å²) in [6.45, 7) is 3.47. The van der Waals surface area contributed by atoms with Gasteiger partial charge in [-0.25, -0.2) is 8.42 Å². The highest BCUT2D eigenvalue weighted by atomic mass is 32.2. The predicted molar refractivity (Wildman–Crippen MR) is 113 cm³/mol. The zero-order chi connectivity index (χ0) is 22.8. The largest absolute Gasteiger partial charge is 0.416 e. The Hall–Kier alpha value is -3.33. The maximum atomic E-state index is 12.9. The molecule has 0 saturated heterocycles. The third-order valence-electron chi connectivity index (χ3n) is 4.52. The van der Waals surface area contributed by atoms with Crippen molar-refractivity contribution in [3.8, 4) is 0 Å². The predicted octanol–water partition coefficient (Wildman–Crippen LogP) is 5.38. The second kappa shape index (κ2) is 8.43. The Kier molecular flexibility index (Phi) is 6.08. The quantitative estimate of drug-likeness (QED) is 0.551. The minimum Gasteiger partial charge on any atom is -0.322 e. The summed E-state index contributed by atoms with van der Waals surface area (Å²) in [6, 6.07) is 14.9. The van der Waals surface area contributed by atoms with E-state index in [-0.39, 0.29) is 16.1 Å². The van der Waals surface area contributed by atoms with Crippen LogP contribution in [-0.2, 0) is 16.2 Å². The smallest absolute Gasteiger partial charge is 0.322 e. The van der Waals surface area contributed by atoms with Crippen LogP contribution in [0.5, 0.6) is 0 Å². The van der Waals surface area contributed by atoms with Crippen LogP contribution >= 0.6 is 0 Å². The van der Waals surface area contributed by atoms with E-state index in [0.29, 0.717) is 11.3 Å². The van der Waals surface area contributed by atoms with Crippen LogP contribution < -0.4 is 10.0 Å². The number of aryl methyl sites for hydroxylation is 2. The maximum absolute atomic E-state index is 12.9. The van der Waals surface area contributed by atoms with Crippen molar-refractivity contribution >= 4 is 27.3 Å². The molecular formula is C22H19F3N2O3S. The molecule has 5 nitrogen and oxygen atoms in total. The summed E-state index contributed by atoms with van der Waals surface area (Å²) < 4.78 is 66.5. The molecule has 3 rings (SSSR count). The summed E-state index contributed by atoms with van der Waals surface area (Å²) in [7, 11) is -3.98. The number of hydrogen-bond donors (Lipinski definition) is 2. The van der Waals surface area contributed by atoms with E-state index in [2.05, 4.69) is 10.0 Å². The summed E-state index contributed by atoms with van der Waals surface area (Å²) in [5, 5.41) is 2.39. The highest BCUT2D eigenvalue weighted by molar-refractivity contribution is 7.92. The van der Waals surface area contributed by atoms with Gasteiger partial charge in [0.25, 0.3) is 15.9 Å². The van der Waals surface area contributed by atoms with E-state index in [0.717, 1.165) is 17.7 Å². The number of amides is 1. The zero-order valence-electron chi connectivity index (χ0n) is 16.6. The van der Waals surface area contributed by atoms with Crippen LogP contribution in [-0.4, -0.2) is 14.3 Å². The Morgan fingerprint density at radius 2 is 1.55 bits per heavy atom. The molecule has 0 bridgehead atoms. The van der Waals surface area contributed by atoms with Crippen molar-refractivity contribution in [3.05, 3.63) is 89.0 Å². The molecule has 0 aliphatic carbocycles. The van der Waals surface area contributed by atoms with Crippen molar-refractivity contribution in [1.82, 2.24) is 0 Å². The third kappa shape index (κ3) is 5.43. The number of anilines is 2. The minimum atomic E-state index is -4.55. The number of carbonyl (C=O) groups excluding carboxylic acids is 1. The molecule has 162 valence electrons. The molecule has 0 spiro atoms. The zero-order valence-corrected chi connectivity index (χ0v) is 17.4. The minimum absolute atomic E-state index is 0.0317. The van der Waals surface area contributed by atoms with Gasteiger partial charge in [-0.05, 0) is 61.9 Å². The highest BCUT2D eigenvalue weighted by Crippen LogP contribution is 2.31. The van der Waals surface area contributed by atoms with Gasteiger partial charge in [0.1, 0.15) is 0 Å². The number of nitrogens with one attached hydrogen (secondary N) is 2. The van der Waals surface area contributed by atoms with Gasteiger partial charge in [-0.3, -0.25) is 9.52 Å². The molecule has 0 saturated carbocycles. The number of sulfonamides is 1. The maximum Gasteiger partial charge on any atom is 0.416 e. The van der Waals surface area contributed by atoms with Crippen LogP contribution in [0.2, 0.25) is 0 Å². The van der Waals surface area contributed by atoms with E-state index in [1.165, 1.54) is 30.3 Å². The van der Waals surface area contributed by atoms with Gasteiger partial charge in [-0.1, -0.05) is 29.8 Å².